The molecule has 2 aromatic heterocycles. The summed E-state index contributed by atoms with van der Waals surface area (Å²) in [6.07, 6.45) is 0. The molecule has 4 aromatic rings. The summed E-state index contributed by atoms with van der Waals surface area (Å²) < 4.78 is 4.31. The Labute approximate surface area is 137 Å². The summed E-state index contributed by atoms with van der Waals surface area (Å²) in [6, 6.07) is 17.1. The third-order valence-electron chi connectivity index (χ3n) is 4.17. The molecule has 0 aliphatic heterocycles. The number of hydrogen-bond acceptors (Lipinski definition) is 3. The summed E-state index contributed by atoms with van der Waals surface area (Å²) in [4.78, 5) is 30.0. The number of hydrogen-bond donors (Lipinski definition) is 0. The molecule has 120 valence electrons. The zero-order valence-electron chi connectivity index (χ0n) is 13.2. The maximum atomic E-state index is 12.8. The second-order valence-corrected chi connectivity index (χ2v) is 5.62. The smallest absolute Gasteiger partial charge is 0.258 e. The van der Waals surface area contributed by atoms with Crippen molar-refractivity contribution in [3.8, 4) is 0 Å². The number of rotatable bonds is 3. The molecule has 0 aliphatic carbocycles. The van der Waals surface area contributed by atoms with Gasteiger partial charge < -0.3 is 0 Å². The third kappa shape index (κ3) is 2.07. The Hall–Kier alpha value is -3.15. The van der Waals surface area contributed by atoms with Gasteiger partial charge in [-0.25, -0.2) is 23.5 Å². The van der Waals surface area contributed by atoms with Crippen LogP contribution >= 0.6 is 0 Å². The van der Waals surface area contributed by atoms with E-state index < -0.39 is 0 Å². The summed E-state index contributed by atoms with van der Waals surface area (Å²) >= 11 is 0. The predicted molar refractivity (Wildman–Crippen MR) is 92.4 cm³/mol. The van der Waals surface area contributed by atoms with Crippen LogP contribution < -0.4 is 11.4 Å². The van der Waals surface area contributed by atoms with Crippen molar-refractivity contribution in [1.82, 2.24) is 18.5 Å². The van der Waals surface area contributed by atoms with E-state index in [1.807, 2.05) is 54.6 Å². The largest absolute Gasteiger partial charge is 0.339 e. The van der Waals surface area contributed by atoms with E-state index in [1.54, 1.807) is 11.5 Å². The van der Waals surface area contributed by atoms with Crippen molar-refractivity contribution in [1.29, 1.82) is 0 Å². The lowest BCUT2D eigenvalue weighted by Crippen LogP contribution is -2.43. The standard InChI is InChI=1S/C18H16N4O2/c1-2-20-17(23)21(12-13-8-4-3-5-9-13)16-19-14-10-6-7-11-15(14)22(16)18(20)24/h3-11H,2,12H2,1H3. The molecular weight excluding hydrogens is 304 g/mol. The third-order valence-corrected chi connectivity index (χ3v) is 4.17. The Kier molecular flexibility index (Phi) is 3.30. The van der Waals surface area contributed by atoms with Gasteiger partial charge in [-0.2, -0.15) is 0 Å². The van der Waals surface area contributed by atoms with Crippen molar-refractivity contribution in [3.63, 3.8) is 0 Å². The number of fused-ring (bicyclic) bond motifs is 3. The van der Waals surface area contributed by atoms with Crippen LogP contribution in [0.4, 0.5) is 0 Å². The molecule has 2 aromatic carbocycles. The van der Waals surface area contributed by atoms with Crippen molar-refractivity contribution in [3.05, 3.63) is 81.1 Å². The van der Waals surface area contributed by atoms with Crippen molar-refractivity contribution < 1.29 is 0 Å². The highest BCUT2D eigenvalue weighted by molar-refractivity contribution is 5.79. The second kappa shape index (κ2) is 5.49. The van der Waals surface area contributed by atoms with E-state index in [1.165, 1.54) is 8.97 Å². The Balaban J connectivity index is 2.12. The summed E-state index contributed by atoms with van der Waals surface area (Å²) in [5, 5.41) is 0. The molecule has 0 saturated carbocycles. The molecular formula is C18H16N4O2. The van der Waals surface area contributed by atoms with Crippen LogP contribution in [-0.4, -0.2) is 18.5 Å². The summed E-state index contributed by atoms with van der Waals surface area (Å²) in [6.45, 7) is 2.47. The SMILES string of the molecule is CCn1c(=O)n(Cc2ccccc2)c2nc3ccccc3n2c1=O. The molecule has 0 amide bonds. The fraction of sp³-hybridized carbons (Fsp3) is 0.167. The first-order valence-corrected chi connectivity index (χ1v) is 7.85. The summed E-state index contributed by atoms with van der Waals surface area (Å²) in [5.74, 6) is 0.375. The number of imidazole rings is 1. The van der Waals surface area contributed by atoms with Gasteiger partial charge in [-0.3, -0.25) is 4.57 Å². The van der Waals surface area contributed by atoms with Crippen molar-refractivity contribution in [2.75, 3.05) is 0 Å². The lowest BCUT2D eigenvalue weighted by molar-refractivity contribution is 0.576. The first kappa shape index (κ1) is 14.4. The lowest BCUT2D eigenvalue weighted by atomic mass is 10.2. The van der Waals surface area contributed by atoms with Crippen molar-refractivity contribution in [2.45, 2.75) is 20.0 Å². The zero-order chi connectivity index (χ0) is 16.7. The Morgan fingerprint density at radius 3 is 2.33 bits per heavy atom. The Morgan fingerprint density at radius 1 is 0.875 bits per heavy atom. The van der Waals surface area contributed by atoms with Crippen LogP contribution in [0.3, 0.4) is 0 Å². The number of para-hydroxylation sites is 2. The molecule has 6 nitrogen and oxygen atoms in total. The number of benzene rings is 2. The van der Waals surface area contributed by atoms with E-state index in [-0.39, 0.29) is 11.4 Å². The van der Waals surface area contributed by atoms with Crippen molar-refractivity contribution in [2.24, 2.45) is 0 Å². The second-order valence-electron chi connectivity index (χ2n) is 5.62. The van der Waals surface area contributed by atoms with Crippen LogP contribution in [0, 0.1) is 0 Å². The van der Waals surface area contributed by atoms with Crippen LogP contribution in [0.2, 0.25) is 0 Å². The van der Waals surface area contributed by atoms with Gasteiger partial charge in [0, 0.05) is 6.54 Å². The molecule has 0 fully saturated rings. The van der Waals surface area contributed by atoms with Crippen LogP contribution in [0.25, 0.3) is 16.8 Å². The first-order chi connectivity index (χ1) is 11.7. The predicted octanol–water partition coefficient (Wildman–Crippen LogP) is 1.88. The monoisotopic (exact) mass is 320 g/mol. The summed E-state index contributed by atoms with van der Waals surface area (Å²) in [7, 11) is 0. The Morgan fingerprint density at radius 2 is 1.58 bits per heavy atom. The van der Waals surface area contributed by atoms with E-state index in [2.05, 4.69) is 4.98 Å². The molecule has 0 aliphatic rings. The van der Waals surface area contributed by atoms with Gasteiger partial charge in [0.05, 0.1) is 17.6 Å². The zero-order valence-corrected chi connectivity index (χ0v) is 13.2. The molecule has 0 N–H and O–H groups in total. The van der Waals surface area contributed by atoms with Crippen LogP contribution in [0.15, 0.2) is 64.2 Å². The number of nitrogens with zero attached hydrogens (tertiary/aromatic N) is 4. The normalized spacial score (nSPS) is 11.4. The highest BCUT2D eigenvalue weighted by Gasteiger charge is 2.16. The molecule has 6 heteroatoms. The average Bonchev–Trinajstić information content (AvgIpc) is 2.99. The van der Waals surface area contributed by atoms with E-state index in [4.69, 9.17) is 0 Å². The first-order valence-electron chi connectivity index (χ1n) is 7.85. The van der Waals surface area contributed by atoms with Crippen LogP contribution in [0.5, 0.6) is 0 Å². The fourth-order valence-electron chi connectivity index (χ4n) is 2.99. The summed E-state index contributed by atoms with van der Waals surface area (Å²) in [5.41, 5.74) is 1.70. The van der Waals surface area contributed by atoms with E-state index in [9.17, 15) is 9.59 Å². The van der Waals surface area contributed by atoms with Crippen LogP contribution in [0.1, 0.15) is 12.5 Å². The van der Waals surface area contributed by atoms with Gasteiger partial charge in [0.2, 0.25) is 5.78 Å². The van der Waals surface area contributed by atoms with Gasteiger partial charge in [-0.15, -0.1) is 0 Å². The fourth-order valence-corrected chi connectivity index (χ4v) is 2.99. The highest BCUT2D eigenvalue weighted by atomic mass is 16.2. The minimum Gasteiger partial charge on any atom is -0.258 e. The molecule has 0 atom stereocenters. The van der Waals surface area contributed by atoms with E-state index in [0.29, 0.717) is 29.9 Å². The quantitative estimate of drug-likeness (QED) is 0.579. The molecule has 0 unspecified atom stereocenters. The van der Waals surface area contributed by atoms with Gasteiger partial charge in [-0.05, 0) is 24.6 Å². The molecule has 0 bridgehead atoms. The molecule has 0 saturated heterocycles. The minimum atomic E-state index is -0.351. The molecule has 24 heavy (non-hydrogen) atoms. The Bertz CT molecular complexity index is 1150. The van der Waals surface area contributed by atoms with Gasteiger partial charge in [0.25, 0.3) is 0 Å². The van der Waals surface area contributed by atoms with Gasteiger partial charge in [-0.1, -0.05) is 42.5 Å². The topological polar surface area (TPSA) is 61.3 Å². The average molecular weight is 320 g/mol. The van der Waals surface area contributed by atoms with E-state index >= 15 is 0 Å². The maximum absolute atomic E-state index is 12.8. The highest BCUT2D eigenvalue weighted by Crippen LogP contribution is 2.14. The minimum absolute atomic E-state index is 0.314. The van der Waals surface area contributed by atoms with Crippen molar-refractivity contribution >= 4 is 16.8 Å². The van der Waals surface area contributed by atoms with Gasteiger partial charge in [0.1, 0.15) is 0 Å². The molecule has 4 rings (SSSR count). The molecule has 2 heterocycles. The van der Waals surface area contributed by atoms with Gasteiger partial charge in [0.15, 0.2) is 0 Å². The van der Waals surface area contributed by atoms with Crippen LogP contribution in [-0.2, 0) is 13.1 Å². The van der Waals surface area contributed by atoms with E-state index in [0.717, 1.165) is 5.56 Å². The molecule has 0 spiro atoms. The number of aromatic nitrogens is 4. The van der Waals surface area contributed by atoms with Gasteiger partial charge >= 0.3 is 11.4 Å². The maximum Gasteiger partial charge on any atom is 0.339 e. The lowest BCUT2D eigenvalue weighted by Gasteiger charge is -2.11. The molecule has 0 radical (unpaired) electrons.